The number of likely N-dealkylation sites (N-methyl/N-ethyl adjacent to an activating group) is 2. The van der Waals surface area contributed by atoms with Crippen LogP contribution in [0.3, 0.4) is 0 Å². The van der Waals surface area contributed by atoms with E-state index < -0.39 is 0 Å². The molecule has 0 aliphatic rings. The Labute approximate surface area is 109 Å². The summed E-state index contributed by atoms with van der Waals surface area (Å²) >= 11 is 0. The molecule has 0 aliphatic carbocycles. The van der Waals surface area contributed by atoms with Crippen molar-refractivity contribution in [2.24, 2.45) is 0 Å². The van der Waals surface area contributed by atoms with Crippen molar-refractivity contribution in [1.82, 2.24) is 10.6 Å². The summed E-state index contributed by atoms with van der Waals surface area (Å²) in [6, 6.07) is 5.14. The normalized spacial score (nSPS) is 13.4. The molecule has 1 aromatic carbocycles. The second kappa shape index (κ2) is 6.16. The summed E-state index contributed by atoms with van der Waals surface area (Å²) in [7, 11) is 3.77. The van der Waals surface area contributed by atoms with Crippen molar-refractivity contribution in [2.45, 2.75) is 32.4 Å². The van der Waals surface area contributed by atoms with Crippen LogP contribution in [0.15, 0.2) is 18.2 Å². The zero-order valence-corrected chi connectivity index (χ0v) is 11.8. The van der Waals surface area contributed by atoms with Crippen LogP contribution in [0, 0.1) is 5.82 Å². The topological polar surface area (TPSA) is 33.3 Å². The van der Waals surface area contributed by atoms with Crippen LogP contribution in [0.2, 0.25) is 0 Å². The van der Waals surface area contributed by atoms with Crippen LogP contribution in [0.4, 0.5) is 4.39 Å². The highest BCUT2D eigenvalue weighted by molar-refractivity contribution is 5.32. The van der Waals surface area contributed by atoms with E-state index in [0.29, 0.717) is 12.4 Å². The van der Waals surface area contributed by atoms with Gasteiger partial charge in [-0.3, -0.25) is 0 Å². The number of nitrogens with one attached hydrogen (secondary N) is 2. The average molecular weight is 254 g/mol. The third-order valence-corrected chi connectivity index (χ3v) is 3.24. The summed E-state index contributed by atoms with van der Waals surface area (Å²) in [5, 5.41) is 6.45. The van der Waals surface area contributed by atoms with E-state index in [-0.39, 0.29) is 17.4 Å². The molecule has 1 aromatic rings. The molecule has 0 bridgehead atoms. The minimum atomic E-state index is -0.318. The first kappa shape index (κ1) is 14.9. The van der Waals surface area contributed by atoms with Crippen LogP contribution in [0.1, 0.15) is 32.4 Å². The molecule has 1 atom stereocenters. The van der Waals surface area contributed by atoms with Crippen LogP contribution in [-0.2, 0) is 0 Å². The summed E-state index contributed by atoms with van der Waals surface area (Å²) in [5.41, 5.74) is 0.728. The van der Waals surface area contributed by atoms with Gasteiger partial charge < -0.3 is 15.4 Å². The van der Waals surface area contributed by atoms with Gasteiger partial charge in [0.25, 0.3) is 0 Å². The molecule has 1 unspecified atom stereocenters. The van der Waals surface area contributed by atoms with Crippen LogP contribution in [0.25, 0.3) is 0 Å². The lowest BCUT2D eigenvalue weighted by atomic mass is 9.89. The highest BCUT2D eigenvalue weighted by atomic mass is 19.1. The van der Waals surface area contributed by atoms with Gasteiger partial charge in [-0.15, -0.1) is 0 Å². The van der Waals surface area contributed by atoms with E-state index in [2.05, 4.69) is 24.5 Å². The maximum atomic E-state index is 13.9. The van der Waals surface area contributed by atoms with Gasteiger partial charge in [0.1, 0.15) is 0 Å². The minimum absolute atomic E-state index is 0.0210. The predicted octanol–water partition coefficient (Wildman–Crippen LogP) is 2.48. The van der Waals surface area contributed by atoms with Crippen molar-refractivity contribution in [3.05, 3.63) is 29.6 Å². The van der Waals surface area contributed by atoms with Crippen molar-refractivity contribution in [2.75, 3.05) is 20.7 Å². The smallest absolute Gasteiger partial charge is 0.165 e. The Bertz CT molecular complexity index is 393. The number of hydrogen-bond acceptors (Lipinski definition) is 3. The Morgan fingerprint density at radius 3 is 2.44 bits per heavy atom. The maximum absolute atomic E-state index is 13.9. The number of benzene rings is 1. The summed E-state index contributed by atoms with van der Waals surface area (Å²) in [6.07, 6.45) is 0. The molecule has 4 heteroatoms. The van der Waals surface area contributed by atoms with Crippen LogP contribution in [0.5, 0.6) is 5.75 Å². The molecule has 0 saturated carbocycles. The van der Waals surface area contributed by atoms with Crippen molar-refractivity contribution in [1.29, 1.82) is 0 Å². The maximum Gasteiger partial charge on any atom is 0.165 e. The van der Waals surface area contributed by atoms with E-state index in [4.69, 9.17) is 4.74 Å². The first-order chi connectivity index (χ1) is 8.46. The first-order valence-corrected chi connectivity index (χ1v) is 6.24. The largest absolute Gasteiger partial charge is 0.491 e. The van der Waals surface area contributed by atoms with Crippen molar-refractivity contribution < 1.29 is 9.13 Å². The molecule has 0 heterocycles. The lowest BCUT2D eigenvalue weighted by molar-refractivity contribution is 0.305. The molecular weight excluding hydrogens is 231 g/mol. The van der Waals surface area contributed by atoms with Gasteiger partial charge in [0.2, 0.25) is 0 Å². The number of rotatable bonds is 6. The van der Waals surface area contributed by atoms with Gasteiger partial charge in [0, 0.05) is 11.6 Å². The Morgan fingerprint density at radius 1 is 1.33 bits per heavy atom. The summed E-state index contributed by atoms with van der Waals surface area (Å²) < 4.78 is 19.1. The van der Waals surface area contributed by atoms with Gasteiger partial charge in [-0.25, -0.2) is 4.39 Å². The van der Waals surface area contributed by atoms with Crippen LogP contribution < -0.4 is 15.4 Å². The van der Waals surface area contributed by atoms with E-state index in [1.165, 1.54) is 6.07 Å². The average Bonchev–Trinajstić information content (AvgIpc) is 2.33. The molecule has 0 fully saturated rings. The van der Waals surface area contributed by atoms with Crippen molar-refractivity contribution in [3.8, 4) is 5.75 Å². The molecule has 0 amide bonds. The van der Waals surface area contributed by atoms with Gasteiger partial charge in [0.15, 0.2) is 11.6 Å². The molecule has 102 valence electrons. The molecule has 18 heavy (non-hydrogen) atoms. The SMILES string of the molecule is CCOc1ccc(C(NC)C(C)(C)NC)cc1F. The molecule has 3 nitrogen and oxygen atoms in total. The van der Waals surface area contributed by atoms with E-state index in [0.717, 1.165) is 5.56 Å². The fourth-order valence-electron chi connectivity index (χ4n) is 2.06. The number of ether oxygens (including phenoxy) is 1. The van der Waals surface area contributed by atoms with Crippen molar-refractivity contribution >= 4 is 0 Å². The van der Waals surface area contributed by atoms with Crippen molar-refractivity contribution in [3.63, 3.8) is 0 Å². The van der Waals surface area contributed by atoms with E-state index in [1.807, 2.05) is 27.1 Å². The Hall–Kier alpha value is -1.13. The van der Waals surface area contributed by atoms with Gasteiger partial charge >= 0.3 is 0 Å². The van der Waals surface area contributed by atoms with Gasteiger partial charge in [0.05, 0.1) is 6.61 Å². The first-order valence-electron chi connectivity index (χ1n) is 6.24. The van der Waals surface area contributed by atoms with E-state index in [1.54, 1.807) is 6.07 Å². The van der Waals surface area contributed by atoms with Crippen LogP contribution in [-0.4, -0.2) is 26.2 Å². The predicted molar refractivity (Wildman–Crippen MR) is 72.5 cm³/mol. The summed E-state index contributed by atoms with van der Waals surface area (Å²) in [5.74, 6) is -0.0140. The minimum Gasteiger partial charge on any atom is -0.491 e. The van der Waals surface area contributed by atoms with E-state index >= 15 is 0 Å². The molecular formula is C14H23FN2O. The van der Waals surface area contributed by atoms with E-state index in [9.17, 15) is 4.39 Å². The molecule has 0 spiro atoms. The monoisotopic (exact) mass is 254 g/mol. The number of hydrogen-bond donors (Lipinski definition) is 2. The van der Waals surface area contributed by atoms with Gasteiger partial charge in [-0.1, -0.05) is 6.07 Å². The fraction of sp³-hybridized carbons (Fsp3) is 0.571. The molecule has 0 saturated heterocycles. The Balaban J connectivity index is 3.05. The highest BCUT2D eigenvalue weighted by Gasteiger charge is 2.28. The second-order valence-electron chi connectivity index (χ2n) is 4.82. The lowest BCUT2D eigenvalue weighted by Crippen LogP contribution is -2.47. The zero-order valence-electron chi connectivity index (χ0n) is 11.8. The fourth-order valence-corrected chi connectivity index (χ4v) is 2.06. The van der Waals surface area contributed by atoms with Crippen LogP contribution >= 0.6 is 0 Å². The molecule has 0 aliphatic heterocycles. The third kappa shape index (κ3) is 3.21. The summed E-state index contributed by atoms with van der Waals surface area (Å²) in [4.78, 5) is 0. The second-order valence-corrected chi connectivity index (χ2v) is 4.82. The molecule has 2 N–H and O–H groups in total. The number of halogens is 1. The third-order valence-electron chi connectivity index (χ3n) is 3.24. The molecule has 1 rings (SSSR count). The molecule has 0 radical (unpaired) electrons. The highest BCUT2D eigenvalue weighted by Crippen LogP contribution is 2.28. The standard InChI is InChI=1S/C14H23FN2O/c1-6-18-12-8-7-10(9-11(12)15)13(16-4)14(2,3)17-5/h7-9,13,16-17H,6H2,1-5H3. The van der Waals surface area contributed by atoms with Gasteiger partial charge in [-0.05, 0) is 52.6 Å². The zero-order chi connectivity index (χ0) is 13.8. The van der Waals surface area contributed by atoms with Gasteiger partial charge in [-0.2, -0.15) is 0 Å². The molecule has 0 aromatic heterocycles. The lowest BCUT2D eigenvalue weighted by Gasteiger charge is -2.34. The quantitative estimate of drug-likeness (QED) is 0.818. The summed E-state index contributed by atoms with van der Waals surface area (Å²) in [6.45, 7) is 6.45. The Morgan fingerprint density at radius 2 is 2.00 bits per heavy atom. The Kier molecular flexibility index (Phi) is 5.11.